The van der Waals surface area contributed by atoms with Crippen LogP contribution in [0.15, 0.2) is 6.07 Å². The zero-order valence-corrected chi connectivity index (χ0v) is 17.8. The Morgan fingerprint density at radius 2 is 1.97 bits per heavy atom. The number of ether oxygens (including phenoxy) is 2. The molecule has 0 atom stereocenters. The molecule has 2 aliphatic rings. The molecule has 2 amide bonds. The van der Waals surface area contributed by atoms with Crippen LogP contribution in [0.3, 0.4) is 0 Å². The molecule has 0 aliphatic carbocycles. The lowest BCUT2D eigenvalue weighted by atomic mass is 9.79. The number of aromatic nitrogens is 2. The van der Waals surface area contributed by atoms with Crippen molar-refractivity contribution < 1.29 is 19.1 Å². The highest BCUT2D eigenvalue weighted by atomic mass is 16.5. The topological polar surface area (TPSA) is 88.9 Å². The summed E-state index contributed by atoms with van der Waals surface area (Å²) in [6, 6.07) is 1.58. The summed E-state index contributed by atoms with van der Waals surface area (Å²) in [4.78, 5) is 28.4. The van der Waals surface area contributed by atoms with Crippen LogP contribution in [0.1, 0.15) is 36.2 Å². The van der Waals surface area contributed by atoms with Gasteiger partial charge in [0.25, 0.3) is 11.8 Å². The van der Waals surface area contributed by atoms with Crippen molar-refractivity contribution in [1.82, 2.24) is 24.9 Å². The third-order valence-corrected chi connectivity index (χ3v) is 5.85. The van der Waals surface area contributed by atoms with Crippen LogP contribution in [-0.2, 0) is 16.6 Å². The van der Waals surface area contributed by atoms with Gasteiger partial charge in [0.2, 0.25) is 5.88 Å². The molecule has 0 aromatic carbocycles. The summed E-state index contributed by atoms with van der Waals surface area (Å²) >= 11 is 0. The van der Waals surface area contributed by atoms with Crippen molar-refractivity contribution in [2.75, 3.05) is 60.1 Å². The molecule has 1 aromatic heterocycles. The Hall–Kier alpha value is -2.13. The van der Waals surface area contributed by atoms with Crippen molar-refractivity contribution in [2.45, 2.75) is 25.7 Å². The first-order valence-corrected chi connectivity index (χ1v) is 10.3. The normalized spacial score (nSPS) is 19.1. The van der Waals surface area contributed by atoms with Crippen molar-refractivity contribution in [2.24, 2.45) is 12.5 Å². The van der Waals surface area contributed by atoms with E-state index in [2.05, 4.69) is 15.3 Å². The minimum absolute atomic E-state index is 0.0461. The quantitative estimate of drug-likeness (QED) is 0.676. The van der Waals surface area contributed by atoms with E-state index in [9.17, 15) is 9.59 Å². The number of rotatable bonds is 8. The fourth-order valence-electron chi connectivity index (χ4n) is 3.93. The molecular weight excluding hydrogens is 374 g/mol. The first kappa shape index (κ1) is 21.6. The van der Waals surface area contributed by atoms with Crippen LogP contribution in [0, 0.1) is 5.41 Å². The second-order valence-electron chi connectivity index (χ2n) is 8.35. The van der Waals surface area contributed by atoms with Gasteiger partial charge in [0.1, 0.15) is 0 Å². The van der Waals surface area contributed by atoms with Crippen LogP contribution in [0.4, 0.5) is 0 Å². The summed E-state index contributed by atoms with van der Waals surface area (Å²) < 4.78 is 12.5. The lowest BCUT2D eigenvalue weighted by molar-refractivity contribution is -0.130. The van der Waals surface area contributed by atoms with Crippen LogP contribution in [0.25, 0.3) is 0 Å². The number of nitrogens with zero attached hydrogens (tertiary/aromatic N) is 4. The van der Waals surface area contributed by atoms with Gasteiger partial charge in [-0.2, -0.15) is 5.10 Å². The number of amides is 2. The van der Waals surface area contributed by atoms with Gasteiger partial charge in [-0.3, -0.25) is 9.59 Å². The van der Waals surface area contributed by atoms with E-state index in [1.807, 2.05) is 0 Å². The number of carbonyl (C=O) groups is 2. The maximum absolute atomic E-state index is 12.7. The number of likely N-dealkylation sites (tertiary alicyclic amines) is 1. The van der Waals surface area contributed by atoms with E-state index in [-0.39, 0.29) is 23.8 Å². The van der Waals surface area contributed by atoms with Crippen molar-refractivity contribution in [1.29, 1.82) is 0 Å². The van der Waals surface area contributed by atoms with Gasteiger partial charge in [0.05, 0.1) is 0 Å². The Kier molecular flexibility index (Phi) is 7.13. The molecule has 3 rings (SSSR count). The lowest BCUT2D eigenvalue weighted by Gasteiger charge is -2.40. The number of hydrogen-bond acceptors (Lipinski definition) is 6. The molecule has 162 valence electrons. The van der Waals surface area contributed by atoms with Gasteiger partial charge in [0.15, 0.2) is 12.3 Å². The highest BCUT2D eigenvalue weighted by Gasteiger charge is 2.35. The van der Waals surface area contributed by atoms with E-state index in [4.69, 9.17) is 9.47 Å². The van der Waals surface area contributed by atoms with E-state index in [1.54, 1.807) is 27.2 Å². The second-order valence-corrected chi connectivity index (χ2v) is 8.35. The Labute approximate surface area is 172 Å². The number of nitrogens with one attached hydrogen (secondary N) is 1. The smallest absolute Gasteiger partial charge is 0.271 e. The van der Waals surface area contributed by atoms with Crippen molar-refractivity contribution in [3.05, 3.63) is 11.8 Å². The molecule has 0 radical (unpaired) electrons. The third kappa shape index (κ3) is 5.70. The summed E-state index contributed by atoms with van der Waals surface area (Å²) in [6.07, 6.45) is 4.41. The molecule has 0 unspecified atom stereocenters. The molecule has 1 aromatic rings. The highest BCUT2D eigenvalue weighted by Crippen LogP contribution is 2.32. The molecule has 29 heavy (non-hydrogen) atoms. The minimum Gasteiger partial charge on any atom is -0.468 e. The summed E-state index contributed by atoms with van der Waals surface area (Å²) in [6.45, 7) is 5.28. The molecule has 9 nitrogen and oxygen atoms in total. The fraction of sp³-hybridized carbons (Fsp3) is 0.750. The standard InChI is InChI=1S/C20H33N5O4/c1-23(2)17(26)13-29-18-12-16(22-24(18)3)19(27)21-14-20(6-10-28-11-7-20)15-25-8-4-5-9-25/h12H,4-11,13-15H2,1-3H3,(H,21,27). The number of aryl methyl sites for hydroxylation is 1. The molecular formula is C20H33N5O4. The average molecular weight is 408 g/mol. The Morgan fingerprint density at radius 3 is 2.62 bits per heavy atom. The molecule has 9 heteroatoms. The monoisotopic (exact) mass is 407 g/mol. The summed E-state index contributed by atoms with van der Waals surface area (Å²) in [5, 5.41) is 7.32. The highest BCUT2D eigenvalue weighted by molar-refractivity contribution is 5.92. The van der Waals surface area contributed by atoms with Gasteiger partial charge in [-0.15, -0.1) is 0 Å². The summed E-state index contributed by atoms with van der Waals surface area (Å²) in [7, 11) is 5.03. The van der Waals surface area contributed by atoms with Crippen LogP contribution < -0.4 is 10.1 Å². The molecule has 2 aliphatic heterocycles. The molecule has 1 N–H and O–H groups in total. The van der Waals surface area contributed by atoms with Crippen LogP contribution in [0.2, 0.25) is 0 Å². The zero-order valence-electron chi connectivity index (χ0n) is 17.8. The molecule has 0 spiro atoms. The van der Waals surface area contributed by atoms with E-state index >= 15 is 0 Å². The second kappa shape index (κ2) is 9.58. The van der Waals surface area contributed by atoms with Crippen molar-refractivity contribution >= 4 is 11.8 Å². The van der Waals surface area contributed by atoms with Gasteiger partial charge < -0.3 is 24.6 Å². The number of likely N-dealkylation sites (N-methyl/N-ethyl adjacent to an activating group) is 1. The average Bonchev–Trinajstić information content (AvgIpc) is 3.34. The summed E-state index contributed by atoms with van der Waals surface area (Å²) in [5.74, 6) is 0.0189. The minimum atomic E-state index is -0.221. The Balaban J connectivity index is 1.58. The van der Waals surface area contributed by atoms with Gasteiger partial charge in [-0.25, -0.2) is 4.68 Å². The molecule has 3 heterocycles. The van der Waals surface area contributed by atoms with Gasteiger partial charge in [-0.05, 0) is 38.8 Å². The SMILES string of the molecule is CN(C)C(=O)COc1cc(C(=O)NCC2(CN3CCCC3)CCOCC2)nn1C. The van der Waals surface area contributed by atoms with Crippen molar-refractivity contribution in [3.8, 4) is 5.88 Å². The first-order chi connectivity index (χ1) is 13.9. The molecule has 0 bridgehead atoms. The first-order valence-electron chi connectivity index (χ1n) is 10.3. The maximum atomic E-state index is 12.7. The molecule has 2 fully saturated rings. The van der Waals surface area contributed by atoms with Crippen molar-refractivity contribution in [3.63, 3.8) is 0 Å². The van der Waals surface area contributed by atoms with E-state index in [1.165, 1.54) is 22.4 Å². The van der Waals surface area contributed by atoms with Crippen LogP contribution >= 0.6 is 0 Å². The Morgan fingerprint density at radius 1 is 1.28 bits per heavy atom. The zero-order chi connectivity index (χ0) is 20.9. The Bertz CT molecular complexity index is 706. The van der Waals surface area contributed by atoms with Crippen LogP contribution in [-0.4, -0.2) is 91.5 Å². The predicted molar refractivity (Wildman–Crippen MR) is 108 cm³/mol. The van der Waals surface area contributed by atoms with Gasteiger partial charge in [0, 0.05) is 58.9 Å². The third-order valence-electron chi connectivity index (χ3n) is 5.85. The number of carbonyl (C=O) groups excluding carboxylic acids is 2. The van der Waals surface area contributed by atoms with E-state index in [0.717, 1.165) is 45.7 Å². The maximum Gasteiger partial charge on any atom is 0.271 e. The van der Waals surface area contributed by atoms with E-state index in [0.29, 0.717) is 18.1 Å². The largest absolute Gasteiger partial charge is 0.468 e. The fourth-order valence-corrected chi connectivity index (χ4v) is 3.93. The van der Waals surface area contributed by atoms with Crippen LogP contribution in [0.5, 0.6) is 5.88 Å². The van der Waals surface area contributed by atoms with E-state index < -0.39 is 0 Å². The predicted octanol–water partition coefficient (Wildman–Crippen LogP) is 0.510. The summed E-state index contributed by atoms with van der Waals surface area (Å²) in [5.41, 5.74) is 0.341. The molecule has 2 saturated heterocycles. The lowest BCUT2D eigenvalue weighted by Crippen LogP contribution is -2.48. The molecule has 0 saturated carbocycles. The van der Waals surface area contributed by atoms with Gasteiger partial charge >= 0.3 is 0 Å². The number of hydrogen-bond donors (Lipinski definition) is 1. The van der Waals surface area contributed by atoms with Gasteiger partial charge in [-0.1, -0.05) is 0 Å².